The van der Waals surface area contributed by atoms with Gasteiger partial charge in [0.25, 0.3) is 0 Å². The molecule has 0 aromatic heterocycles. The van der Waals surface area contributed by atoms with Gasteiger partial charge in [0.2, 0.25) is 0 Å². The van der Waals surface area contributed by atoms with Gasteiger partial charge in [-0.15, -0.1) is 0 Å². The molecule has 56 valence electrons. The highest BCUT2D eigenvalue weighted by Gasteiger charge is 2.05. The zero-order chi connectivity index (χ0) is 7.40. The van der Waals surface area contributed by atoms with Crippen LogP contribution in [-0.4, -0.2) is 6.61 Å². The highest BCUT2D eigenvalue weighted by molar-refractivity contribution is 14.1. The molecular weight excluding hydrogens is 239 g/mol. The first kappa shape index (κ1) is 8.11. The van der Waals surface area contributed by atoms with Crippen LogP contribution in [0.25, 0.3) is 0 Å². The van der Waals surface area contributed by atoms with Gasteiger partial charge in [-0.3, -0.25) is 0 Å². The Balaban J connectivity index is 2.60. The standard InChI is InChI=1S/C8H11IO/c1-2-10-8-6-4-3-5-7(8)9/h3,5H,2,4,6H2,1H3. The van der Waals surface area contributed by atoms with Gasteiger partial charge >= 0.3 is 0 Å². The summed E-state index contributed by atoms with van der Waals surface area (Å²) in [4.78, 5) is 0. The molecule has 0 N–H and O–H groups in total. The Morgan fingerprint density at radius 2 is 2.50 bits per heavy atom. The van der Waals surface area contributed by atoms with Gasteiger partial charge in [0, 0.05) is 6.42 Å². The van der Waals surface area contributed by atoms with Crippen LogP contribution in [0.1, 0.15) is 19.8 Å². The molecule has 0 saturated heterocycles. The molecule has 0 fully saturated rings. The number of hydrogen-bond donors (Lipinski definition) is 0. The molecule has 1 rings (SSSR count). The lowest BCUT2D eigenvalue weighted by Crippen LogP contribution is -1.95. The van der Waals surface area contributed by atoms with E-state index in [9.17, 15) is 0 Å². The summed E-state index contributed by atoms with van der Waals surface area (Å²) >= 11 is 2.31. The van der Waals surface area contributed by atoms with Crippen molar-refractivity contribution in [3.8, 4) is 0 Å². The lowest BCUT2D eigenvalue weighted by atomic mass is 10.2. The highest BCUT2D eigenvalue weighted by atomic mass is 127. The van der Waals surface area contributed by atoms with Gasteiger partial charge in [0.1, 0.15) is 5.76 Å². The summed E-state index contributed by atoms with van der Waals surface area (Å²) in [5.74, 6) is 1.16. The minimum absolute atomic E-state index is 0.787. The molecule has 0 spiro atoms. The SMILES string of the molecule is CCOC1=C(I)C=CCC1. The third-order valence-corrected chi connectivity index (χ3v) is 2.35. The van der Waals surface area contributed by atoms with Gasteiger partial charge in [-0.05, 0) is 42.0 Å². The maximum atomic E-state index is 5.42. The largest absolute Gasteiger partial charge is 0.497 e. The van der Waals surface area contributed by atoms with Crippen molar-refractivity contribution in [1.29, 1.82) is 0 Å². The first-order valence-corrected chi connectivity index (χ1v) is 4.60. The van der Waals surface area contributed by atoms with Crippen LogP contribution in [-0.2, 0) is 4.74 Å². The fourth-order valence-electron chi connectivity index (χ4n) is 0.929. The minimum atomic E-state index is 0.787. The van der Waals surface area contributed by atoms with Gasteiger partial charge in [-0.2, -0.15) is 0 Å². The molecule has 0 saturated carbocycles. The van der Waals surface area contributed by atoms with Crippen LogP contribution in [0.2, 0.25) is 0 Å². The monoisotopic (exact) mass is 250 g/mol. The molecular formula is C8H11IO. The number of hydrogen-bond acceptors (Lipinski definition) is 1. The Kier molecular flexibility index (Phi) is 3.25. The van der Waals surface area contributed by atoms with E-state index in [0.717, 1.165) is 25.2 Å². The van der Waals surface area contributed by atoms with Crippen molar-refractivity contribution in [1.82, 2.24) is 0 Å². The third kappa shape index (κ3) is 2.01. The van der Waals surface area contributed by atoms with Crippen molar-refractivity contribution in [2.24, 2.45) is 0 Å². The minimum Gasteiger partial charge on any atom is -0.497 e. The van der Waals surface area contributed by atoms with Crippen molar-refractivity contribution in [3.05, 3.63) is 21.5 Å². The van der Waals surface area contributed by atoms with Gasteiger partial charge in [0.15, 0.2) is 0 Å². The van der Waals surface area contributed by atoms with Gasteiger partial charge in [0.05, 0.1) is 10.2 Å². The lowest BCUT2D eigenvalue weighted by molar-refractivity contribution is 0.217. The van der Waals surface area contributed by atoms with Crippen molar-refractivity contribution >= 4 is 22.6 Å². The average molecular weight is 250 g/mol. The highest BCUT2D eigenvalue weighted by Crippen LogP contribution is 2.24. The molecule has 0 unspecified atom stereocenters. The molecule has 0 heterocycles. The third-order valence-electron chi connectivity index (χ3n) is 1.39. The van der Waals surface area contributed by atoms with E-state index < -0.39 is 0 Å². The van der Waals surface area contributed by atoms with Crippen LogP contribution >= 0.6 is 22.6 Å². The molecule has 2 heteroatoms. The Morgan fingerprint density at radius 3 is 3.10 bits per heavy atom. The summed E-state index contributed by atoms with van der Waals surface area (Å²) in [5.41, 5.74) is 0. The first-order chi connectivity index (χ1) is 4.84. The summed E-state index contributed by atoms with van der Waals surface area (Å²) in [6.07, 6.45) is 6.50. The van der Waals surface area contributed by atoms with E-state index >= 15 is 0 Å². The molecule has 0 amide bonds. The average Bonchev–Trinajstić information content (AvgIpc) is 1.94. The molecule has 1 aliphatic rings. The van der Waals surface area contributed by atoms with E-state index in [1.165, 1.54) is 3.58 Å². The molecule has 10 heavy (non-hydrogen) atoms. The van der Waals surface area contributed by atoms with Gasteiger partial charge in [-0.1, -0.05) is 6.08 Å². The zero-order valence-corrected chi connectivity index (χ0v) is 8.22. The van der Waals surface area contributed by atoms with E-state index in [-0.39, 0.29) is 0 Å². The van der Waals surface area contributed by atoms with Gasteiger partial charge in [-0.25, -0.2) is 0 Å². The number of ether oxygens (including phenoxy) is 1. The van der Waals surface area contributed by atoms with Crippen molar-refractivity contribution in [3.63, 3.8) is 0 Å². The number of rotatable bonds is 2. The Bertz CT molecular complexity index is 170. The van der Waals surface area contributed by atoms with Crippen LogP contribution in [0.3, 0.4) is 0 Å². The molecule has 1 nitrogen and oxygen atoms in total. The van der Waals surface area contributed by atoms with Crippen LogP contribution in [0.4, 0.5) is 0 Å². The maximum Gasteiger partial charge on any atom is 0.110 e. The predicted molar refractivity (Wildman–Crippen MR) is 51.0 cm³/mol. The summed E-state index contributed by atoms with van der Waals surface area (Å²) in [7, 11) is 0. The van der Waals surface area contributed by atoms with Crippen LogP contribution in [0, 0.1) is 0 Å². The second kappa shape index (κ2) is 4.01. The summed E-state index contributed by atoms with van der Waals surface area (Å²) in [6.45, 7) is 2.81. The molecule has 0 bridgehead atoms. The van der Waals surface area contributed by atoms with E-state index in [1.54, 1.807) is 0 Å². The van der Waals surface area contributed by atoms with Crippen molar-refractivity contribution in [2.75, 3.05) is 6.61 Å². The van der Waals surface area contributed by atoms with E-state index in [4.69, 9.17) is 4.74 Å². The predicted octanol–water partition coefficient (Wildman–Crippen LogP) is 3.02. The second-order valence-electron chi connectivity index (χ2n) is 2.15. The van der Waals surface area contributed by atoms with Crippen LogP contribution in [0.15, 0.2) is 21.5 Å². The summed E-state index contributed by atoms with van der Waals surface area (Å²) in [5, 5.41) is 0. The van der Waals surface area contributed by atoms with E-state index in [2.05, 4.69) is 34.7 Å². The Morgan fingerprint density at radius 1 is 1.70 bits per heavy atom. The van der Waals surface area contributed by atoms with Crippen LogP contribution in [0.5, 0.6) is 0 Å². The fourth-order valence-corrected chi connectivity index (χ4v) is 1.61. The van der Waals surface area contributed by atoms with Crippen molar-refractivity contribution < 1.29 is 4.74 Å². The van der Waals surface area contributed by atoms with Crippen LogP contribution < -0.4 is 0 Å². The fraction of sp³-hybridized carbons (Fsp3) is 0.500. The van der Waals surface area contributed by atoms with E-state index in [1.807, 2.05) is 6.92 Å². The quantitative estimate of drug-likeness (QED) is 0.684. The topological polar surface area (TPSA) is 9.23 Å². The molecule has 1 aliphatic carbocycles. The Labute approximate surface area is 75.3 Å². The maximum absolute atomic E-state index is 5.42. The summed E-state index contributed by atoms with van der Waals surface area (Å²) < 4.78 is 6.67. The molecule has 0 aromatic rings. The molecule has 0 aromatic carbocycles. The number of allylic oxidation sites excluding steroid dienone is 4. The molecule has 0 atom stereocenters. The van der Waals surface area contributed by atoms with Gasteiger partial charge < -0.3 is 4.74 Å². The summed E-state index contributed by atoms with van der Waals surface area (Å²) in [6, 6.07) is 0. The first-order valence-electron chi connectivity index (χ1n) is 3.52. The molecule has 0 aliphatic heterocycles. The smallest absolute Gasteiger partial charge is 0.110 e. The van der Waals surface area contributed by atoms with E-state index in [0.29, 0.717) is 0 Å². The normalized spacial score (nSPS) is 17.8. The Hall–Kier alpha value is 0.01000. The van der Waals surface area contributed by atoms with Crippen molar-refractivity contribution in [2.45, 2.75) is 19.8 Å². The number of halogens is 1. The second-order valence-corrected chi connectivity index (χ2v) is 3.31. The lowest BCUT2D eigenvalue weighted by Gasteiger charge is -2.11. The zero-order valence-electron chi connectivity index (χ0n) is 6.06. The molecule has 0 radical (unpaired) electrons.